The van der Waals surface area contributed by atoms with Crippen LogP contribution in [0.15, 0.2) is 12.2 Å². The highest BCUT2D eigenvalue weighted by molar-refractivity contribution is 5.89. The minimum absolute atomic E-state index is 0.0551. The molecule has 0 spiro atoms. The van der Waals surface area contributed by atoms with E-state index >= 15 is 0 Å². The van der Waals surface area contributed by atoms with Crippen LogP contribution in [0, 0.1) is 34.5 Å². The summed E-state index contributed by atoms with van der Waals surface area (Å²) in [6.07, 6.45) is 10.3. The first kappa shape index (κ1) is 24.2. The second kappa shape index (κ2) is 9.20. The molecule has 4 fully saturated rings. The molecule has 0 aromatic heterocycles. The summed E-state index contributed by atoms with van der Waals surface area (Å²) in [5, 5.41) is 39.8. The minimum atomic E-state index is -1.26. The fraction of sp³-hybridized carbons (Fsp3) is 0.833. The molecule has 0 bridgehead atoms. The third-order valence-electron chi connectivity index (χ3n) is 9.35. The summed E-state index contributed by atoms with van der Waals surface area (Å²) in [5.41, 5.74) is 0.707. The largest absolute Gasteiger partial charge is 0.478 e. The van der Waals surface area contributed by atoms with Crippen molar-refractivity contribution < 1.29 is 30.0 Å². The van der Waals surface area contributed by atoms with E-state index in [1.807, 2.05) is 7.05 Å². The lowest BCUT2D eigenvalue weighted by molar-refractivity contribution is -0.134. The first-order valence-corrected chi connectivity index (χ1v) is 11.7. The molecule has 4 aliphatic carbocycles. The Hall–Kier alpha value is -1.44. The lowest BCUT2D eigenvalue weighted by atomic mass is 9.45. The molecule has 0 heterocycles. The van der Waals surface area contributed by atoms with Crippen LogP contribution >= 0.6 is 0 Å². The van der Waals surface area contributed by atoms with E-state index in [1.165, 1.54) is 32.1 Å². The van der Waals surface area contributed by atoms with Crippen molar-refractivity contribution in [2.45, 2.75) is 83.5 Å². The van der Waals surface area contributed by atoms with Gasteiger partial charge in [-0.2, -0.15) is 0 Å². The number of carboxylic acids is 2. The number of fused-ring (bicyclic) bond motifs is 5. The zero-order valence-corrected chi connectivity index (χ0v) is 19.0. The number of carboxylic acid groups (broad SMARTS) is 2. The monoisotopic (exact) mass is 437 g/mol. The Balaban J connectivity index is 0.000000293. The van der Waals surface area contributed by atoms with E-state index in [0.717, 1.165) is 37.0 Å². The van der Waals surface area contributed by atoms with Crippen LogP contribution in [-0.4, -0.2) is 57.7 Å². The number of aliphatic hydroxyl groups is 2. The first-order valence-electron chi connectivity index (χ1n) is 11.7. The highest BCUT2D eigenvalue weighted by Crippen LogP contribution is 2.66. The Labute approximate surface area is 184 Å². The molecule has 0 aliphatic heterocycles. The highest BCUT2D eigenvalue weighted by atomic mass is 16.4. The van der Waals surface area contributed by atoms with Crippen molar-refractivity contribution in [3.63, 3.8) is 0 Å². The van der Waals surface area contributed by atoms with Crippen LogP contribution < -0.4 is 5.32 Å². The van der Waals surface area contributed by atoms with E-state index in [9.17, 15) is 19.8 Å². The van der Waals surface area contributed by atoms with Crippen molar-refractivity contribution in [3.05, 3.63) is 12.2 Å². The molecule has 4 aliphatic rings. The molecule has 31 heavy (non-hydrogen) atoms. The Bertz CT molecular complexity index is 694. The molecule has 0 unspecified atom stereocenters. The van der Waals surface area contributed by atoms with Crippen molar-refractivity contribution in [2.75, 3.05) is 7.05 Å². The minimum Gasteiger partial charge on any atom is -0.478 e. The maximum atomic E-state index is 10.6. The van der Waals surface area contributed by atoms with Crippen LogP contribution in [-0.2, 0) is 9.59 Å². The molecule has 4 saturated carbocycles. The van der Waals surface area contributed by atoms with Gasteiger partial charge in [0.2, 0.25) is 0 Å². The number of aliphatic carboxylic acids is 2. The maximum Gasteiger partial charge on any atom is 0.328 e. The smallest absolute Gasteiger partial charge is 0.328 e. The van der Waals surface area contributed by atoms with Crippen LogP contribution in [0.3, 0.4) is 0 Å². The van der Waals surface area contributed by atoms with Crippen LogP contribution in [0.1, 0.15) is 65.2 Å². The average Bonchev–Trinajstić information content (AvgIpc) is 2.97. The molecule has 4 rings (SSSR count). The molecule has 7 nitrogen and oxygen atoms in total. The van der Waals surface area contributed by atoms with Gasteiger partial charge < -0.3 is 25.7 Å². The molecule has 176 valence electrons. The molecule has 9 atom stereocenters. The standard InChI is InChI=1S/C20H35NO2.C4H4O4/c1-19-8-6-13(22)10-12(19)4-5-14-15(19)7-9-20(2)16(14)11-17(23)18(20)21-3;5-3(6)1-2-4(7)8/h12-18,21-23H,4-11H2,1-3H3;1-2H,(H,5,6)(H,7,8)/b;2-1-/t12-,13+,14+,15-,16-,17-,18-,19-,20-;/m0./s1. The van der Waals surface area contributed by atoms with Gasteiger partial charge in [-0.15, -0.1) is 0 Å². The Morgan fingerprint density at radius 2 is 1.48 bits per heavy atom. The molecule has 0 radical (unpaired) electrons. The number of nitrogens with one attached hydrogen (secondary N) is 1. The van der Waals surface area contributed by atoms with Crippen LogP contribution in [0.4, 0.5) is 0 Å². The zero-order chi connectivity index (χ0) is 23.0. The number of carbonyl (C=O) groups is 2. The first-order chi connectivity index (χ1) is 14.5. The summed E-state index contributed by atoms with van der Waals surface area (Å²) in [5.74, 6) is 0.495. The van der Waals surface area contributed by atoms with Crippen LogP contribution in [0.2, 0.25) is 0 Å². The lowest BCUT2D eigenvalue weighted by Crippen LogP contribution is -2.56. The number of rotatable bonds is 3. The molecule has 0 amide bonds. The molecule has 0 aromatic rings. The van der Waals surface area contributed by atoms with Crippen molar-refractivity contribution in [1.29, 1.82) is 0 Å². The van der Waals surface area contributed by atoms with Crippen molar-refractivity contribution in [1.82, 2.24) is 5.32 Å². The average molecular weight is 438 g/mol. The summed E-state index contributed by atoms with van der Waals surface area (Å²) < 4.78 is 0. The Morgan fingerprint density at radius 3 is 2.06 bits per heavy atom. The zero-order valence-electron chi connectivity index (χ0n) is 19.0. The van der Waals surface area contributed by atoms with E-state index < -0.39 is 11.9 Å². The summed E-state index contributed by atoms with van der Waals surface area (Å²) in [4.78, 5) is 19.1. The summed E-state index contributed by atoms with van der Waals surface area (Å²) in [6.45, 7) is 4.97. The number of hydrogen-bond donors (Lipinski definition) is 5. The van der Waals surface area contributed by atoms with Gasteiger partial charge in [-0.1, -0.05) is 13.8 Å². The number of aliphatic hydroxyl groups excluding tert-OH is 2. The summed E-state index contributed by atoms with van der Waals surface area (Å²) >= 11 is 0. The highest BCUT2D eigenvalue weighted by Gasteiger charge is 2.61. The van der Waals surface area contributed by atoms with Gasteiger partial charge in [0.1, 0.15) is 0 Å². The molecule has 0 saturated heterocycles. The van der Waals surface area contributed by atoms with E-state index in [0.29, 0.717) is 23.5 Å². The van der Waals surface area contributed by atoms with Crippen LogP contribution in [0.25, 0.3) is 0 Å². The van der Waals surface area contributed by atoms with E-state index in [4.69, 9.17) is 10.2 Å². The number of likely N-dealkylation sites (N-methyl/N-ethyl adjacent to an activating group) is 1. The normalized spacial score (nSPS) is 46.3. The quantitative estimate of drug-likeness (QED) is 0.430. The molecular formula is C24H39NO6. The van der Waals surface area contributed by atoms with Crippen LogP contribution in [0.5, 0.6) is 0 Å². The molecule has 5 N–H and O–H groups in total. The van der Waals surface area contributed by atoms with Gasteiger partial charge in [0.15, 0.2) is 0 Å². The topological polar surface area (TPSA) is 127 Å². The molecular weight excluding hydrogens is 398 g/mol. The predicted octanol–water partition coefficient (Wildman–Crippen LogP) is 2.66. The lowest BCUT2D eigenvalue weighted by Gasteiger charge is -2.60. The van der Waals surface area contributed by atoms with Gasteiger partial charge in [-0.25, -0.2) is 9.59 Å². The second-order valence-corrected chi connectivity index (χ2v) is 10.7. The van der Waals surface area contributed by atoms with Gasteiger partial charge in [-0.3, -0.25) is 0 Å². The van der Waals surface area contributed by atoms with Gasteiger partial charge in [0, 0.05) is 18.2 Å². The van der Waals surface area contributed by atoms with Gasteiger partial charge in [0.05, 0.1) is 12.2 Å². The SMILES string of the molecule is CN[C@H]1[C@@H](O)C[C@H]2[C@@H]3CC[C@H]4C[C@H](O)CC[C@]4(C)[C@H]3CC[C@@]21C.O=C(O)/C=C\C(=O)O. The van der Waals surface area contributed by atoms with Crippen molar-refractivity contribution in [3.8, 4) is 0 Å². The van der Waals surface area contributed by atoms with E-state index in [1.54, 1.807) is 0 Å². The fourth-order valence-electron chi connectivity index (χ4n) is 7.91. The van der Waals surface area contributed by atoms with Crippen molar-refractivity contribution >= 4 is 11.9 Å². The third kappa shape index (κ3) is 4.55. The fourth-order valence-corrected chi connectivity index (χ4v) is 7.91. The van der Waals surface area contributed by atoms with Crippen molar-refractivity contribution in [2.24, 2.45) is 34.5 Å². The molecule has 7 heteroatoms. The van der Waals surface area contributed by atoms with Gasteiger partial charge in [-0.05, 0) is 92.9 Å². The number of hydrogen-bond acceptors (Lipinski definition) is 5. The van der Waals surface area contributed by atoms with E-state index in [-0.39, 0.29) is 23.7 Å². The summed E-state index contributed by atoms with van der Waals surface area (Å²) in [6, 6.07) is 0.271. The van der Waals surface area contributed by atoms with Gasteiger partial charge in [0.25, 0.3) is 0 Å². The Morgan fingerprint density at radius 1 is 0.871 bits per heavy atom. The predicted molar refractivity (Wildman–Crippen MR) is 116 cm³/mol. The summed E-state index contributed by atoms with van der Waals surface area (Å²) in [7, 11) is 2.02. The molecule has 0 aromatic carbocycles. The van der Waals surface area contributed by atoms with Gasteiger partial charge >= 0.3 is 11.9 Å². The maximum absolute atomic E-state index is 10.6. The van der Waals surface area contributed by atoms with E-state index in [2.05, 4.69) is 19.2 Å². The second-order valence-electron chi connectivity index (χ2n) is 10.7. The third-order valence-corrected chi connectivity index (χ3v) is 9.35. The Kier molecular flexibility index (Phi) is 7.18.